The molecule has 1 aliphatic carbocycles. The number of hydrogen-bond donors (Lipinski definition) is 3. The number of carbonyl (C=O) groups excluding carboxylic acids is 1. The summed E-state index contributed by atoms with van der Waals surface area (Å²) in [6.07, 6.45) is 2.03. The van der Waals surface area contributed by atoms with Gasteiger partial charge in [-0.15, -0.1) is 0 Å². The molecule has 0 unspecified atom stereocenters. The molecule has 0 aromatic heterocycles. The summed E-state index contributed by atoms with van der Waals surface area (Å²) in [6.45, 7) is 0. The fourth-order valence-electron chi connectivity index (χ4n) is 2.31. The second-order valence-electron chi connectivity index (χ2n) is 5.09. The van der Waals surface area contributed by atoms with Gasteiger partial charge in [-0.3, -0.25) is 14.9 Å². The molecule has 0 bridgehead atoms. The highest BCUT2D eigenvalue weighted by Gasteiger charge is 2.40. The van der Waals surface area contributed by atoms with Crippen LogP contribution in [-0.4, -0.2) is 27.6 Å². The van der Waals surface area contributed by atoms with Crippen LogP contribution >= 0.6 is 0 Å². The number of anilines is 1. The van der Waals surface area contributed by atoms with Crippen molar-refractivity contribution in [3.05, 3.63) is 34.4 Å². The average Bonchev–Trinajstić information content (AvgIpc) is 2.36. The number of amides is 2. The Morgan fingerprint density at radius 1 is 1.29 bits per heavy atom. The van der Waals surface area contributed by atoms with E-state index in [0.717, 1.165) is 6.42 Å². The number of nitrogens with zero attached hydrogens (tertiary/aromatic N) is 1. The van der Waals surface area contributed by atoms with Gasteiger partial charge in [-0.05, 0) is 31.4 Å². The number of carboxylic acid groups (broad SMARTS) is 1. The van der Waals surface area contributed by atoms with Crippen molar-refractivity contribution in [2.45, 2.75) is 31.2 Å². The molecule has 1 fully saturated rings. The minimum Gasteiger partial charge on any atom is -0.481 e. The van der Waals surface area contributed by atoms with E-state index in [1.807, 2.05) is 0 Å². The molecule has 1 aromatic rings. The second-order valence-corrected chi connectivity index (χ2v) is 5.09. The normalized spacial score (nSPS) is 15.6. The molecule has 1 aromatic carbocycles. The van der Waals surface area contributed by atoms with Crippen LogP contribution in [0.3, 0.4) is 0 Å². The first-order valence-corrected chi connectivity index (χ1v) is 6.46. The van der Waals surface area contributed by atoms with E-state index in [-0.39, 0.29) is 12.1 Å². The van der Waals surface area contributed by atoms with Crippen molar-refractivity contribution in [1.82, 2.24) is 5.32 Å². The molecular weight excluding hydrogens is 278 g/mol. The number of nitro benzene ring substituents is 1. The number of benzene rings is 1. The molecule has 1 saturated carbocycles. The van der Waals surface area contributed by atoms with Crippen molar-refractivity contribution >= 4 is 23.4 Å². The maximum absolute atomic E-state index is 11.9. The highest BCUT2D eigenvalue weighted by Crippen LogP contribution is 2.35. The van der Waals surface area contributed by atoms with Crippen LogP contribution in [0.1, 0.15) is 25.7 Å². The van der Waals surface area contributed by atoms with Crippen LogP contribution in [0.5, 0.6) is 0 Å². The molecule has 3 N–H and O–H groups in total. The maximum Gasteiger partial charge on any atom is 0.319 e. The van der Waals surface area contributed by atoms with Gasteiger partial charge < -0.3 is 15.7 Å². The summed E-state index contributed by atoms with van der Waals surface area (Å²) in [5.41, 5.74) is -0.346. The first-order valence-electron chi connectivity index (χ1n) is 6.46. The number of nitro groups is 1. The molecule has 8 heteroatoms. The van der Waals surface area contributed by atoms with Crippen LogP contribution in [-0.2, 0) is 4.79 Å². The van der Waals surface area contributed by atoms with Gasteiger partial charge in [-0.1, -0.05) is 0 Å². The minimum absolute atomic E-state index is 0.0673. The van der Waals surface area contributed by atoms with Crippen molar-refractivity contribution in [3.63, 3.8) is 0 Å². The Balaban J connectivity index is 1.95. The number of carboxylic acids is 1. The van der Waals surface area contributed by atoms with E-state index in [0.29, 0.717) is 18.5 Å². The molecule has 0 heterocycles. The van der Waals surface area contributed by atoms with Crippen LogP contribution in [0.15, 0.2) is 24.3 Å². The number of rotatable bonds is 5. The number of aliphatic carboxylic acids is 1. The maximum atomic E-state index is 11.9. The predicted octanol–water partition coefficient (Wildman–Crippen LogP) is 2.11. The van der Waals surface area contributed by atoms with Crippen molar-refractivity contribution in [2.24, 2.45) is 0 Å². The van der Waals surface area contributed by atoms with Gasteiger partial charge in [-0.2, -0.15) is 0 Å². The summed E-state index contributed by atoms with van der Waals surface area (Å²) in [5.74, 6) is -0.953. The number of non-ortho nitro benzene ring substituents is 1. The Labute approximate surface area is 120 Å². The SMILES string of the molecule is O=C(O)CC1(NC(=O)Nc2ccc([N+](=O)[O-])cc2)CCC1. The molecule has 0 aliphatic heterocycles. The van der Waals surface area contributed by atoms with E-state index >= 15 is 0 Å². The smallest absolute Gasteiger partial charge is 0.319 e. The van der Waals surface area contributed by atoms with E-state index in [4.69, 9.17) is 5.11 Å². The zero-order chi connectivity index (χ0) is 15.5. The van der Waals surface area contributed by atoms with Crippen molar-refractivity contribution in [3.8, 4) is 0 Å². The molecule has 1 aliphatic rings. The number of urea groups is 1. The van der Waals surface area contributed by atoms with Crippen LogP contribution in [0, 0.1) is 10.1 Å². The Morgan fingerprint density at radius 3 is 2.33 bits per heavy atom. The molecular formula is C13H15N3O5. The lowest BCUT2D eigenvalue weighted by molar-refractivity contribution is -0.384. The highest BCUT2D eigenvalue weighted by atomic mass is 16.6. The van der Waals surface area contributed by atoms with Crippen LogP contribution in [0.4, 0.5) is 16.2 Å². The van der Waals surface area contributed by atoms with Crippen molar-refractivity contribution in [1.29, 1.82) is 0 Å². The second kappa shape index (κ2) is 5.78. The van der Waals surface area contributed by atoms with Crippen LogP contribution in [0.25, 0.3) is 0 Å². The molecule has 0 atom stereocenters. The Morgan fingerprint density at radius 2 is 1.90 bits per heavy atom. The lowest BCUT2D eigenvalue weighted by atomic mass is 9.74. The topological polar surface area (TPSA) is 122 Å². The van der Waals surface area contributed by atoms with Crippen LogP contribution in [0.2, 0.25) is 0 Å². The third-order valence-corrected chi connectivity index (χ3v) is 3.51. The number of hydrogen-bond acceptors (Lipinski definition) is 4. The zero-order valence-electron chi connectivity index (χ0n) is 11.2. The van der Waals surface area contributed by atoms with Gasteiger partial charge in [-0.25, -0.2) is 4.79 Å². The Kier molecular flexibility index (Phi) is 4.06. The van der Waals surface area contributed by atoms with Gasteiger partial charge in [0.1, 0.15) is 0 Å². The number of carbonyl (C=O) groups is 2. The largest absolute Gasteiger partial charge is 0.481 e. The molecule has 2 rings (SSSR count). The van der Waals surface area contributed by atoms with Crippen molar-refractivity contribution in [2.75, 3.05) is 5.32 Å². The standard InChI is InChI=1S/C13H15N3O5/c17-11(18)8-13(6-1-7-13)15-12(19)14-9-2-4-10(5-3-9)16(20)21/h2-5H,1,6-8H2,(H,17,18)(H2,14,15,19). The highest BCUT2D eigenvalue weighted by molar-refractivity contribution is 5.90. The van der Waals surface area contributed by atoms with E-state index in [2.05, 4.69) is 10.6 Å². The number of nitrogens with one attached hydrogen (secondary N) is 2. The Bertz CT molecular complexity index is 566. The molecule has 0 radical (unpaired) electrons. The minimum atomic E-state index is -0.953. The molecule has 2 amide bonds. The van der Waals surface area contributed by atoms with Crippen LogP contribution < -0.4 is 10.6 Å². The molecule has 112 valence electrons. The summed E-state index contributed by atoms with van der Waals surface area (Å²) in [5, 5.41) is 24.6. The first kappa shape index (κ1) is 14.8. The summed E-state index contributed by atoms with van der Waals surface area (Å²) < 4.78 is 0. The molecule has 8 nitrogen and oxygen atoms in total. The Hall–Kier alpha value is -2.64. The first-order chi connectivity index (χ1) is 9.90. The van der Waals surface area contributed by atoms with Gasteiger partial charge in [0.25, 0.3) is 5.69 Å². The fraction of sp³-hybridized carbons (Fsp3) is 0.385. The third-order valence-electron chi connectivity index (χ3n) is 3.51. The monoisotopic (exact) mass is 293 g/mol. The van der Waals surface area contributed by atoms with E-state index in [9.17, 15) is 19.7 Å². The summed E-state index contributed by atoms with van der Waals surface area (Å²) in [4.78, 5) is 32.7. The van der Waals surface area contributed by atoms with Gasteiger partial charge in [0.15, 0.2) is 0 Å². The quantitative estimate of drug-likeness (QED) is 0.567. The van der Waals surface area contributed by atoms with Gasteiger partial charge in [0.05, 0.1) is 16.9 Å². The summed E-state index contributed by atoms with van der Waals surface area (Å²) in [7, 11) is 0. The van der Waals surface area contributed by atoms with Gasteiger partial charge in [0.2, 0.25) is 0 Å². The van der Waals surface area contributed by atoms with E-state index in [1.54, 1.807) is 0 Å². The third kappa shape index (κ3) is 3.68. The zero-order valence-corrected chi connectivity index (χ0v) is 11.2. The molecule has 21 heavy (non-hydrogen) atoms. The fourth-order valence-corrected chi connectivity index (χ4v) is 2.31. The van der Waals surface area contributed by atoms with Gasteiger partial charge >= 0.3 is 12.0 Å². The summed E-state index contributed by atoms with van der Waals surface area (Å²) >= 11 is 0. The lowest BCUT2D eigenvalue weighted by Gasteiger charge is -2.41. The average molecular weight is 293 g/mol. The predicted molar refractivity (Wildman–Crippen MR) is 74.1 cm³/mol. The van der Waals surface area contributed by atoms with E-state index in [1.165, 1.54) is 24.3 Å². The molecule has 0 saturated heterocycles. The summed E-state index contributed by atoms with van der Waals surface area (Å²) in [6, 6.07) is 4.90. The van der Waals surface area contributed by atoms with Gasteiger partial charge in [0, 0.05) is 17.8 Å². The lowest BCUT2D eigenvalue weighted by Crippen LogP contribution is -2.55. The van der Waals surface area contributed by atoms with E-state index < -0.39 is 22.5 Å². The van der Waals surface area contributed by atoms with Crippen molar-refractivity contribution < 1.29 is 19.6 Å². The molecule has 0 spiro atoms.